The largest absolute Gasteiger partial charge is 0.481 e. The van der Waals surface area contributed by atoms with E-state index < -0.39 is 0 Å². The Labute approximate surface area is 117 Å². The summed E-state index contributed by atoms with van der Waals surface area (Å²) in [6.45, 7) is 0. The predicted molar refractivity (Wildman–Crippen MR) is 78.1 cm³/mol. The summed E-state index contributed by atoms with van der Waals surface area (Å²) in [5.74, 6) is 1.10. The second-order valence-corrected chi connectivity index (χ2v) is 4.31. The first kappa shape index (κ1) is 12.4. The van der Waals surface area contributed by atoms with Crippen LogP contribution in [0.2, 0.25) is 0 Å². The van der Waals surface area contributed by atoms with Crippen LogP contribution < -0.4 is 9.47 Å². The summed E-state index contributed by atoms with van der Waals surface area (Å²) in [6.07, 6.45) is 0. The number of methoxy groups -OCH3 is 2. The van der Waals surface area contributed by atoms with E-state index in [9.17, 15) is 0 Å². The number of aromatic nitrogens is 2. The Balaban J connectivity index is 2.22. The highest BCUT2D eigenvalue weighted by Crippen LogP contribution is 2.31. The molecule has 4 nitrogen and oxygen atoms in total. The summed E-state index contributed by atoms with van der Waals surface area (Å²) in [6, 6.07) is 15.8. The topological polar surface area (TPSA) is 44.2 Å². The molecule has 0 atom stereocenters. The Morgan fingerprint density at radius 1 is 0.850 bits per heavy atom. The van der Waals surface area contributed by atoms with Crippen LogP contribution in [0.25, 0.3) is 22.2 Å². The SMILES string of the molecule is COc1ccc2cc(-c3ccccc3)c(OC)nc2n1. The lowest BCUT2D eigenvalue weighted by molar-refractivity contribution is 0.395. The van der Waals surface area contributed by atoms with Crippen LogP contribution in [0.15, 0.2) is 48.5 Å². The molecule has 100 valence electrons. The summed E-state index contributed by atoms with van der Waals surface area (Å²) in [7, 11) is 3.20. The number of ether oxygens (including phenoxy) is 2. The summed E-state index contributed by atoms with van der Waals surface area (Å²) >= 11 is 0. The van der Waals surface area contributed by atoms with Crippen LogP contribution in [0, 0.1) is 0 Å². The fourth-order valence-corrected chi connectivity index (χ4v) is 2.11. The van der Waals surface area contributed by atoms with Crippen LogP contribution in [0.4, 0.5) is 0 Å². The van der Waals surface area contributed by atoms with Crippen LogP contribution in [0.5, 0.6) is 11.8 Å². The molecule has 0 radical (unpaired) electrons. The normalized spacial score (nSPS) is 10.5. The van der Waals surface area contributed by atoms with Crippen molar-refractivity contribution in [1.82, 2.24) is 9.97 Å². The summed E-state index contributed by atoms with van der Waals surface area (Å²) in [5, 5.41) is 0.949. The van der Waals surface area contributed by atoms with E-state index in [0.717, 1.165) is 16.5 Å². The van der Waals surface area contributed by atoms with Gasteiger partial charge in [-0.05, 0) is 17.7 Å². The highest BCUT2D eigenvalue weighted by atomic mass is 16.5. The number of hydrogen-bond acceptors (Lipinski definition) is 4. The summed E-state index contributed by atoms with van der Waals surface area (Å²) in [4.78, 5) is 8.79. The van der Waals surface area contributed by atoms with Crippen molar-refractivity contribution >= 4 is 11.0 Å². The van der Waals surface area contributed by atoms with Gasteiger partial charge in [0.2, 0.25) is 11.8 Å². The Morgan fingerprint density at radius 3 is 2.35 bits per heavy atom. The van der Waals surface area contributed by atoms with Gasteiger partial charge in [0.15, 0.2) is 5.65 Å². The third-order valence-electron chi connectivity index (χ3n) is 3.10. The molecule has 0 aliphatic heterocycles. The van der Waals surface area contributed by atoms with Gasteiger partial charge in [-0.3, -0.25) is 0 Å². The van der Waals surface area contributed by atoms with Gasteiger partial charge < -0.3 is 9.47 Å². The van der Waals surface area contributed by atoms with Gasteiger partial charge in [0, 0.05) is 17.0 Å². The van der Waals surface area contributed by atoms with Gasteiger partial charge in [-0.25, -0.2) is 0 Å². The average molecular weight is 266 g/mol. The zero-order valence-electron chi connectivity index (χ0n) is 11.3. The molecule has 0 aliphatic carbocycles. The lowest BCUT2D eigenvalue weighted by Crippen LogP contribution is -1.95. The van der Waals surface area contributed by atoms with E-state index in [4.69, 9.17) is 9.47 Å². The molecule has 0 saturated carbocycles. The highest BCUT2D eigenvalue weighted by Gasteiger charge is 2.10. The molecule has 1 aromatic carbocycles. The van der Waals surface area contributed by atoms with E-state index in [1.165, 1.54) is 0 Å². The number of hydrogen-bond donors (Lipinski definition) is 0. The molecule has 3 rings (SSSR count). The van der Waals surface area contributed by atoms with Crippen molar-refractivity contribution < 1.29 is 9.47 Å². The zero-order chi connectivity index (χ0) is 13.9. The molecule has 0 saturated heterocycles. The van der Waals surface area contributed by atoms with Gasteiger partial charge in [0.05, 0.1) is 14.2 Å². The molecule has 0 bridgehead atoms. The molecule has 0 amide bonds. The van der Waals surface area contributed by atoms with Crippen LogP contribution in [-0.2, 0) is 0 Å². The predicted octanol–water partition coefficient (Wildman–Crippen LogP) is 3.31. The highest BCUT2D eigenvalue weighted by molar-refractivity contribution is 5.84. The molecule has 2 heterocycles. The molecular weight excluding hydrogens is 252 g/mol. The molecule has 3 aromatic rings. The monoisotopic (exact) mass is 266 g/mol. The molecular formula is C16H14N2O2. The first-order chi connectivity index (χ1) is 9.81. The molecule has 0 spiro atoms. The minimum Gasteiger partial charge on any atom is -0.481 e. The molecule has 0 unspecified atom stereocenters. The van der Waals surface area contributed by atoms with Gasteiger partial charge in [0.25, 0.3) is 0 Å². The van der Waals surface area contributed by atoms with E-state index in [-0.39, 0.29) is 0 Å². The van der Waals surface area contributed by atoms with Crippen LogP contribution in [0.3, 0.4) is 0 Å². The minimum atomic E-state index is 0.541. The van der Waals surface area contributed by atoms with Crippen LogP contribution in [-0.4, -0.2) is 24.2 Å². The van der Waals surface area contributed by atoms with Gasteiger partial charge in [-0.1, -0.05) is 30.3 Å². The van der Waals surface area contributed by atoms with Crippen molar-refractivity contribution in [3.63, 3.8) is 0 Å². The van der Waals surface area contributed by atoms with Crippen molar-refractivity contribution in [1.29, 1.82) is 0 Å². The van der Waals surface area contributed by atoms with Crippen LogP contribution in [0.1, 0.15) is 0 Å². The Hall–Kier alpha value is -2.62. The van der Waals surface area contributed by atoms with E-state index in [0.29, 0.717) is 17.4 Å². The molecule has 2 aromatic heterocycles. The number of nitrogens with zero attached hydrogens (tertiary/aromatic N) is 2. The molecule has 0 fully saturated rings. The molecule has 4 heteroatoms. The third-order valence-corrected chi connectivity index (χ3v) is 3.10. The minimum absolute atomic E-state index is 0.541. The lowest BCUT2D eigenvalue weighted by Gasteiger charge is -2.09. The number of benzene rings is 1. The number of fused-ring (bicyclic) bond motifs is 1. The van der Waals surface area contributed by atoms with E-state index >= 15 is 0 Å². The summed E-state index contributed by atoms with van der Waals surface area (Å²) < 4.78 is 10.5. The first-order valence-electron chi connectivity index (χ1n) is 6.27. The molecule has 0 N–H and O–H groups in total. The van der Waals surface area contributed by atoms with Crippen molar-refractivity contribution in [2.45, 2.75) is 0 Å². The maximum Gasteiger partial charge on any atom is 0.223 e. The number of rotatable bonds is 3. The van der Waals surface area contributed by atoms with Gasteiger partial charge in [0.1, 0.15) is 0 Å². The average Bonchev–Trinajstić information content (AvgIpc) is 2.53. The van der Waals surface area contributed by atoms with Crippen molar-refractivity contribution in [2.24, 2.45) is 0 Å². The Bertz CT molecular complexity index is 742. The maximum atomic E-state index is 5.39. The van der Waals surface area contributed by atoms with Crippen molar-refractivity contribution in [3.05, 3.63) is 48.5 Å². The third kappa shape index (κ3) is 2.16. The first-order valence-corrected chi connectivity index (χ1v) is 6.27. The van der Waals surface area contributed by atoms with Gasteiger partial charge in [-0.2, -0.15) is 9.97 Å². The smallest absolute Gasteiger partial charge is 0.223 e. The fraction of sp³-hybridized carbons (Fsp3) is 0.125. The van der Waals surface area contributed by atoms with E-state index in [1.54, 1.807) is 14.2 Å². The van der Waals surface area contributed by atoms with Crippen LogP contribution >= 0.6 is 0 Å². The van der Waals surface area contributed by atoms with Crippen molar-refractivity contribution in [3.8, 4) is 22.9 Å². The quantitative estimate of drug-likeness (QED) is 0.729. The second kappa shape index (κ2) is 5.17. The fourth-order valence-electron chi connectivity index (χ4n) is 2.11. The Morgan fingerprint density at radius 2 is 1.65 bits per heavy atom. The zero-order valence-corrected chi connectivity index (χ0v) is 11.3. The number of pyridine rings is 2. The van der Waals surface area contributed by atoms with E-state index in [1.807, 2.05) is 48.5 Å². The van der Waals surface area contributed by atoms with E-state index in [2.05, 4.69) is 9.97 Å². The Kier molecular flexibility index (Phi) is 3.21. The summed E-state index contributed by atoms with van der Waals surface area (Å²) in [5.41, 5.74) is 2.63. The lowest BCUT2D eigenvalue weighted by atomic mass is 10.1. The van der Waals surface area contributed by atoms with Gasteiger partial charge in [-0.15, -0.1) is 0 Å². The molecule has 0 aliphatic rings. The second-order valence-electron chi connectivity index (χ2n) is 4.31. The van der Waals surface area contributed by atoms with Crippen molar-refractivity contribution in [2.75, 3.05) is 14.2 Å². The standard InChI is InChI=1S/C16H14N2O2/c1-19-14-9-8-12-10-13(11-6-4-3-5-7-11)16(20-2)18-15(12)17-14/h3-10H,1-2H3. The van der Waals surface area contributed by atoms with Gasteiger partial charge >= 0.3 is 0 Å². The maximum absolute atomic E-state index is 5.39. The molecule has 20 heavy (non-hydrogen) atoms.